The molecule has 0 aliphatic carbocycles. The molecule has 0 bridgehead atoms. The summed E-state index contributed by atoms with van der Waals surface area (Å²) in [7, 11) is 1.76. The third-order valence-electron chi connectivity index (χ3n) is 3.02. The molecule has 3 N–H and O–H groups in total. The van der Waals surface area contributed by atoms with Gasteiger partial charge in [-0.15, -0.1) is 0 Å². The molecule has 1 aromatic rings. The van der Waals surface area contributed by atoms with E-state index in [0.29, 0.717) is 13.1 Å². The van der Waals surface area contributed by atoms with E-state index in [-0.39, 0.29) is 6.03 Å². The molecule has 1 rings (SSSR count). The number of hydrogen-bond acceptors (Lipinski definition) is 2. The Morgan fingerprint density at radius 1 is 1.41 bits per heavy atom. The van der Waals surface area contributed by atoms with Crippen molar-refractivity contribution in [2.24, 2.45) is 5.73 Å². The van der Waals surface area contributed by atoms with Crippen molar-refractivity contribution in [3.63, 3.8) is 0 Å². The highest BCUT2D eigenvalue weighted by Crippen LogP contribution is 2.19. The Balaban J connectivity index is 2.87. The van der Waals surface area contributed by atoms with Gasteiger partial charge in [-0.2, -0.15) is 0 Å². The zero-order valence-electron chi connectivity index (χ0n) is 10.7. The number of urea groups is 1. The van der Waals surface area contributed by atoms with E-state index in [9.17, 15) is 4.79 Å². The number of hydrogen-bond donors (Lipinski definition) is 2. The number of carbonyl (C=O) groups excluding carboxylic acids is 1. The van der Waals surface area contributed by atoms with E-state index < -0.39 is 5.54 Å². The van der Waals surface area contributed by atoms with Crippen molar-refractivity contribution < 1.29 is 4.79 Å². The van der Waals surface area contributed by atoms with Crippen molar-refractivity contribution in [3.05, 3.63) is 35.9 Å². The smallest absolute Gasteiger partial charge is 0.317 e. The number of nitrogens with one attached hydrogen (secondary N) is 1. The van der Waals surface area contributed by atoms with Gasteiger partial charge < -0.3 is 16.0 Å². The molecule has 17 heavy (non-hydrogen) atoms. The van der Waals surface area contributed by atoms with Crippen LogP contribution in [0.4, 0.5) is 4.79 Å². The van der Waals surface area contributed by atoms with Crippen LogP contribution < -0.4 is 11.1 Å². The number of nitrogens with two attached hydrogens (primary N) is 1. The molecule has 0 fully saturated rings. The van der Waals surface area contributed by atoms with Gasteiger partial charge in [0.25, 0.3) is 0 Å². The highest BCUT2D eigenvalue weighted by Gasteiger charge is 2.27. The van der Waals surface area contributed by atoms with E-state index in [1.807, 2.05) is 44.2 Å². The molecule has 0 saturated carbocycles. The van der Waals surface area contributed by atoms with E-state index in [0.717, 1.165) is 5.56 Å². The Hall–Kier alpha value is -1.55. The van der Waals surface area contributed by atoms with Crippen LogP contribution in [0.5, 0.6) is 0 Å². The van der Waals surface area contributed by atoms with Gasteiger partial charge in [-0.05, 0) is 19.4 Å². The molecule has 94 valence electrons. The van der Waals surface area contributed by atoms with Crippen LogP contribution in [0.15, 0.2) is 30.3 Å². The minimum atomic E-state index is -0.526. The van der Waals surface area contributed by atoms with E-state index in [4.69, 9.17) is 5.73 Å². The van der Waals surface area contributed by atoms with E-state index in [2.05, 4.69) is 5.32 Å². The van der Waals surface area contributed by atoms with Gasteiger partial charge >= 0.3 is 6.03 Å². The monoisotopic (exact) mass is 235 g/mol. The summed E-state index contributed by atoms with van der Waals surface area (Å²) in [6.45, 7) is 4.90. The molecular weight excluding hydrogens is 214 g/mol. The fourth-order valence-corrected chi connectivity index (χ4v) is 1.52. The Bertz CT molecular complexity index is 366. The minimum Gasteiger partial charge on any atom is -0.328 e. The van der Waals surface area contributed by atoms with E-state index in [1.54, 1.807) is 11.9 Å². The first kappa shape index (κ1) is 13.5. The molecule has 2 amide bonds. The normalized spacial score (nSPS) is 13.9. The summed E-state index contributed by atoms with van der Waals surface area (Å²) < 4.78 is 0. The zero-order valence-corrected chi connectivity index (χ0v) is 10.7. The van der Waals surface area contributed by atoms with Gasteiger partial charge in [-0.25, -0.2) is 4.79 Å². The molecule has 0 aliphatic rings. The second-order valence-electron chi connectivity index (χ2n) is 4.35. The number of amides is 2. The fourth-order valence-electron chi connectivity index (χ4n) is 1.52. The Kier molecular flexibility index (Phi) is 4.52. The van der Waals surface area contributed by atoms with Gasteiger partial charge in [0.1, 0.15) is 0 Å². The predicted molar refractivity (Wildman–Crippen MR) is 69.7 cm³/mol. The average molecular weight is 235 g/mol. The molecule has 0 saturated heterocycles. The summed E-state index contributed by atoms with van der Waals surface area (Å²) in [6.07, 6.45) is 0. The molecular formula is C13H21N3O. The van der Waals surface area contributed by atoms with Crippen molar-refractivity contribution in [2.45, 2.75) is 19.4 Å². The van der Waals surface area contributed by atoms with E-state index in [1.165, 1.54) is 0 Å². The molecule has 1 aromatic carbocycles. The second kappa shape index (κ2) is 5.68. The average Bonchev–Trinajstić information content (AvgIpc) is 2.38. The topological polar surface area (TPSA) is 58.4 Å². The SMILES string of the molecule is CCN(C)C(=O)NC(C)(CN)c1ccccc1. The van der Waals surface area contributed by atoms with E-state index >= 15 is 0 Å². The number of benzene rings is 1. The maximum Gasteiger partial charge on any atom is 0.317 e. The first-order chi connectivity index (χ1) is 8.03. The minimum absolute atomic E-state index is 0.107. The molecule has 0 aliphatic heterocycles. The van der Waals surface area contributed by atoms with Gasteiger partial charge in [-0.1, -0.05) is 30.3 Å². The Labute approximate surface area is 103 Å². The van der Waals surface area contributed by atoms with Crippen molar-refractivity contribution >= 4 is 6.03 Å². The number of nitrogens with zero attached hydrogens (tertiary/aromatic N) is 1. The summed E-state index contributed by atoms with van der Waals surface area (Å²) in [4.78, 5) is 13.5. The third kappa shape index (κ3) is 3.20. The summed E-state index contributed by atoms with van der Waals surface area (Å²) in [6, 6.07) is 9.67. The van der Waals surface area contributed by atoms with Crippen LogP contribution >= 0.6 is 0 Å². The lowest BCUT2D eigenvalue weighted by molar-refractivity contribution is 0.198. The molecule has 0 spiro atoms. The van der Waals surface area contributed by atoms with Crippen molar-refractivity contribution in [1.82, 2.24) is 10.2 Å². The molecule has 1 unspecified atom stereocenters. The molecule has 4 heteroatoms. The summed E-state index contributed by atoms with van der Waals surface area (Å²) in [5, 5.41) is 2.97. The van der Waals surface area contributed by atoms with Gasteiger partial charge in [0.05, 0.1) is 5.54 Å². The predicted octanol–water partition coefficient (Wildman–Crippen LogP) is 1.52. The van der Waals surface area contributed by atoms with Crippen LogP contribution in [-0.2, 0) is 5.54 Å². The van der Waals surface area contributed by atoms with Gasteiger partial charge in [0, 0.05) is 20.1 Å². The first-order valence-electron chi connectivity index (χ1n) is 5.82. The largest absolute Gasteiger partial charge is 0.328 e. The lowest BCUT2D eigenvalue weighted by Crippen LogP contribution is -2.52. The summed E-state index contributed by atoms with van der Waals surface area (Å²) >= 11 is 0. The molecule has 0 radical (unpaired) electrons. The van der Waals surface area contributed by atoms with Crippen LogP contribution in [0.1, 0.15) is 19.4 Å². The van der Waals surface area contributed by atoms with Crippen LogP contribution in [0.2, 0.25) is 0 Å². The Morgan fingerprint density at radius 2 is 2.00 bits per heavy atom. The first-order valence-corrected chi connectivity index (χ1v) is 5.82. The Morgan fingerprint density at radius 3 is 2.47 bits per heavy atom. The highest BCUT2D eigenvalue weighted by molar-refractivity contribution is 5.75. The van der Waals surface area contributed by atoms with Gasteiger partial charge in [0.15, 0.2) is 0 Å². The lowest BCUT2D eigenvalue weighted by atomic mass is 9.92. The van der Waals surface area contributed by atoms with Crippen LogP contribution in [0, 0.1) is 0 Å². The quantitative estimate of drug-likeness (QED) is 0.831. The van der Waals surface area contributed by atoms with Crippen LogP contribution in [0.25, 0.3) is 0 Å². The maximum atomic E-state index is 11.9. The molecule has 4 nitrogen and oxygen atoms in total. The standard InChI is InChI=1S/C13H21N3O/c1-4-16(3)12(17)15-13(2,10-14)11-8-6-5-7-9-11/h5-9H,4,10,14H2,1-3H3,(H,15,17). The lowest BCUT2D eigenvalue weighted by Gasteiger charge is -2.32. The van der Waals surface area contributed by atoms with Crippen molar-refractivity contribution in [3.8, 4) is 0 Å². The molecule has 1 atom stereocenters. The molecule has 0 aromatic heterocycles. The zero-order chi connectivity index (χ0) is 12.9. The van der Waals surface area contributed by atoms with Crippen molar-refractivity contribution in [2.75, 3.05) is 20.1 Å². The second-order valence-corrected chi connectivity index (χ2v) is 4.35. The van der Waals surface area contributed by atoms with Gasteiger partial charge in [0.2, 0.25) is 0 Å². The maximum absolute atomic E-state index is 11.9. The third-order valence-corrected chi connectivity index (χ3v) is 3.02. The van der Waals surface area contributed by atoms with Crippen LogP contribution in [-0.4, -0.2) is 31.1 Å². The van der Waals surface area contributed by atoms with Crippen molar-refractivity contribution in [1.29, 1.82) is 0 Å². The summed E-state index contributed by atoms with van der Waals surface area (Å²) in [5.41, 5.74) is 6.28. The number of carbonyl (C=O) groups is 1. The number of rotatable bonds is 4. The molecule has 0 heterocycles. The van der Waals surface area contributed by atoms with Crippen LogP contribution in [0.3, 0.4) is 0 Å². The fraction of sp³-hybridized carbons (Fsp3) is 0.462. The summed E-state index contributed by atoms with van der Waals surface area (Å²) in [5.74, 6) is 0. The van der Waals surface area contributed by atoms with Gasteiger partial charge in [-0.3, -0.25) is 0 Å². The highest BCUT2D eigenvalue weighted by atomic mass is 16.2.